The van der Waals surface area contributed by atoms with Gasteiger partial charge in [0.25, 0.3) is 0 Å². The van der Waals surface area contributed by atoms with Gasteiger partial charge in [0.05, 0.1) is 31.8 Å². The maximum absolute atomic E-state index is 12.6. The first kappa shape index (κ1) is 20.5. The van der Waals surface area contributed by atoms with E-state index in [0.29, 0.717) is 23.7 Å². The van der Waals surface area contributed by atoms with Gasteiger partial charge in [0.2, 0.25) is 5.91 Å². The Kier molecular flexibility index (Phi) is 6.83. The minimum Gasteiger partial charge on any atom is -0.465 e. The van der Waals surface area contributed by atoms with Crippen molar-refractivity contribution in [2.24, 2.45) is 0 Å². The van der Waals surface area contributed by atoms with Crippen molar-refractivity contribution in [1.29, 1.82) is 0 Å². The molecule has 0 spiro atoms. The summed E-state index contributed by atoms with van der Waals surface area (Å²) in [6, 6.07) is 10.3. The Hall–Kier alpha value is -2.22. The van der Waals surface area contributed by atoms with Crippen LogP contribution in [0, 0.1) is 13.8 Å². The molecule has 1 fully saturated rings. The molecule has 1 amide bonds. The zero-order chi connectivity index (χ0) is 20.1. The Morgan fingerprint density at radius 2 is 2.04 bits per heavy atom. The second-order valence-corrected chi connectivity index (χ2v) is 8.17. The molecule has 150 valence electrons. The van der Waals surface area contributed by atoms with E-state index in [9.17, 15) is 9.59 Å². The number of ether oxygens (including phenoxy) is 2. The molecule has 1 N–H and O–H groups in total. The average Bonchev–Trinajstić information content (AvgIpc) is 2.95. The number of nitrogens with zero attached hydrogens (tertiary/aromatic N) is 1. The fraction of sp³-hybridized carbons (Fsp3) is 0.429. The molecule has 2 heterocycles. The molecule has 2 aromatic rings. The lowest BCUT2D eigenvalue weighted by molar-refractivity contribution is -0.121. The molecule has 0 aliphatic carbocycles. The lowest BCUT2D eigenvalue weighted by Crippen LogP contribution is -2.43. The molecule has 1 aromatic heterocycles. The van der Waals surface area contributed by atoms with Crippen LogP contribution in [0.1, 0.15) is 32.8 Å². The van der Waals surface area contributed by atoms with Gasteiger partial charge in [-0.25, -0.2) is 4.79 Å². The standard InChI is InChI=1S/C21H26N2O4S/c1-14-15(2)28-20(19(14)21(25)26-3)22-18(24)11-17-13-23(9-10-27-17)12-16-7-5-4-6-8-16/h4-8,17H,9-13H2,1-3H3,(H,22,24). The van der Waals surface area contributed by atoms with E-state index in [-0.39, 0.29) is 18.4 Å². The smallest absolute Gasteiger partial charge is 0.341 e. The highest BCUT2D eigenvalue weighted by atomic mass is 32.1. The highest BCUT2D eigenvalue weighted by Gasteiger charge is 2.25. The van der Waals surface area contributed by atoms with Crippen LogP contribution in [-0.2, 0) is 20.8 Å². The Bertz CT molecular complexity index is 834. The number of hydrogen-bond donors (Lipinski definition) is 1. The molecule has 3 rings (SSSR count). The van der Waals surface area contributed by atoms with E-state index in [1.54, 1.807) is 0 Å². The van der Waals surface area contributed by atoms with E-state index in [2.05, 4.69) is 22.3 Å². The number of rotatable bonds is 6. The predicted octanol–water partition coefficient (Wildman–Crippen LogP) is 3.38. The second-order valence-electron chi connectivity index (χ2n) is 6.94. The molecule has 6 nitrogen and oxygen atoms in total. The third-order valence-electron chi connectivity index (χ3n) is 4.91. The number of carbonyl (C=O) groups excluding carboxylic acids is 2. The summed E-state index contributed by atoms with van der Waals surface area (Å²) >= 11 is 1.39. The molecule has 0 radical (unpaired) electrons. The van der Waals surface area contributed by atoms with Crippen molar-refractivity contribution in [3.05, 3.63) is 51.9 Å². The predicted molar refractivity (Wildman–Crippen MR) is 110 cm³/mol. The van der Waals surface area contributed by atoms with Gasteiger partial charge in [-0.1, -0.05) is 30.3 Å². The van der Waals surface area contributed by atoms with E-state index >= 15 is 0 Å². The highest BCUT2D eigenvalue weighted by Crippen LogP contribution is 2.33. The van der Waals surface area contributed by atoms with Crippen molar-refractivity contribution in [1.82, 2.24) is 4.90 Å². The van der Waals surface area contributed by atoms with Crippen LogP contribution in [-0.4, -0.2) is 49.7 Å². The summed E-state index contributed by atoms with van der Waals surface area (Å²) in [5, 5.41) is 3.42. The summed E-state index contributed by atoms with van der Waals surface area (Å²) in [5.74, 6) is -0.585. The number of morpholine rings is 1. The second kappa shape index (κ2) is 9.32. The fourth-order valence-electron chi connectivity index (χ4n) is 3.34. The number of nitrogens with one attached hydrogen (secondary N) is 1. The van der Waals surface area contributed by atoms with Gasteiger partial charge in [-0.2, -0.15) is 0 Å². The molecule has 1 atom stereocenters. The fourth-order valence-corrected chi connectivity index (χ4v) is 4.40. The molecule has 1 aromatic carbocycles. The van der Waals surface area contributed by atoms with Crippen LogP contribution in [0.25, 0.3) is 0 Å². The summed E-state index contributed by atoms with van der Waals surface area (Å²) < 4.78 is 10.6. The van der Waals surface area contributed by atoms with E-state index in [1.807, 2.05) is 32.0 Å². The normalized spacial score (nSPS) is 17.3. The number of thiophene rings is 1. The zero-order valence-corrected chi connectivity index (χ0v) is 17.3. The lowest BCUT2D eigenvalue weighted by Gasteiger charge is -2.32. The van der Waals surface area contributed by atoms with Crippen LogP contribution in [0.5, 0.6) is 0 Å². The van der Waals surface area contributed by atoms with Gasteiger partial charge in [0.15, 0.2) is 0 Å². The van der Waals surface area contributed by atoms with Gasteiger partial charge in [0, 0.05) is 24.5 Å². The van der Waals surface area contributed by atoms with Crippen molar-refractivity contribution in [2.75, 3.05) is 32.1 Å². The summed E-state index contributed by atoms with van der Waals surface area (Å²) in [6.07, 6.45) is 0.0863. The van der Waals surface area contributed by atoms with E-state index in [4.69, 9.17) is 9.47 Å². The van der Waals surface area contributed by atoms with Crippen LogP contribution in [0.2, 0.25) is 0 Å². The summed E-state index contributed by atoms with van der Waals surface area (Å²) in [4.78, 5) is 27.9. The summed E-state index contributed by atoms with van der Waals surface area (Å²) in [5.41, 5.74) is 2.53. The minimum atomic E-state index is -0.430. The monoisotopic (exact) mass is 402 g/mol. The average molecular weight is 403 g/mol. The first-order chi connectivity index (χ1) is 13.5. The number of carbonyl (C=O) groups is 2. The molecule has 7 heteroatoms. The van der Waals surface area contributed by atoms with Gasteiger partial charge in [-0.3, -0.25) is 9.69 Å². The van der Waals surface area contributed by atoms with Gasteiger partial charge in [0.1, 0.15) is 5.00 Å². The molecule has 0 bridgehead atoms. The van der Waals surface area contributed by atoms with Crippen molar-refractivity contribution >= 4 is 28.2 Å². The Morgan fingerprint density at radius 3 is 2.75 bits per heavy atom. The minimum absolute atomic E-state index is 0.155. The molecule has 1 saturated heterocycles. The van der Waals surface area contributed by atoms with Gasteiger partial charge < -0.3 is 14.8 Å². The zero-order valence-electron chi connectivity index (χ0n) is 16.5. The molecular formula is C21H26N2O4S. The number of methoxy groups -OCH3 is 1. The number of benzene rings is 1. The molecule has 1 aliphatic rings. The number of aryl methyl sites for hydroxylation is 1. The highest BCUT2D eigenvalue weighted by molar-refractivity contribution is 7.16. The topological polar surface area (TPSA) is 67.9 Å². The third kappa shape index (κ3) is 4.98. The number of anilines is 1. The SMILES string of the molecule is COC(=O)c1c(NC(=O)CC2CN(Cc3ccccc3)CCO2)sc(C)c1C. The molecule has 28 heavy (non-hydrogen) atoms. The third-order valence-corrected chi connectivity index (χ3v) is 6.04. The maximum atomic E-state index is 12.6. The Morgan fingerprint density at radius 1 is 1.29 bits per heavy atom. The maximum Gasteiger partial charge on any atom is 0.341 e. The van der Waals surface area contributed by atoms with Gasteiger partial charge in [-0.15, -0.1) is 11.3 Å². The van der Waals surface area contributed by atoms with Crippen molar-refractivity contribution < 1.29 is 19.1 Å². The van der Waals surface area contributed by atoms with Crippen LogP contribution < -0.4 is 5.32 Å². The number of hydrogen-bond acceptors (Lipinski definition) is 6. The summed E-state index contributed by atoms with van der Waals surface area (Å²) in [6.45, 7) is 6.79. The van der Waals surface area contributed by atoms with Crippen molar-refractivity contribution in [3.63, 3.8) is 0 Å². The first-order valence-electron chi connectivity index (χ1n) is 9.34. The van der Waals surface area contributed by atoms with Crippen LogP contribution in [0.4, 0.5) is 5.00 Å². The van der Waals surface area contributed by atoms with Crippen LogP contribution >= 0.6 is 11.3 Å². The van der Waals surface area contributed by atoms with E-state index < -0.39 is 5.97 Å². The van der Waals surface area contributed by atoms with E-state index in [1.165, 1.54) is 24.0 Å². The Balaban J connectivity index is 1.59. The lowest BCUT2D eigenvalue weighted by atomic mass is 10.1. The number of esters is 1. The van der Waals surface area contributed by atoms with Crippen LogP contribution in [0.3, 0.4) is 0 Å². The molecular weight excluding hydrogens is 376 g/mol. The first-order valence-corrected chi connectivity index (χ1v) is 10.2. The van der Waals surface area contributed by atoms with Crippen LogP contribution in [0.15, 0.2) is 30.3 Å². The van der Waals surface area contributed by atoms with Gasteiger partial charge in [-0.05, 0) is 25.0 Å². The molecule has 0 saturated carbocycles. The molecule has 1 aliphatic heterocycles. The van der Waals surface area contributed by atoms with Crippen molar-refractivity contribution in [2.45, 2.75) is 32.9 Å². The Labute approximate surface area is 169 Å². The largest absolute Gasteiger partial charge is 0.465 e. The van der Waals surface area contributed by atoms with E-state index in [0.717, 1.165) is 23.5 Å². The number of amides is 1. The summed E-state index contributed by atoms with van der Waals surface area (Å²) in [7, 11) is 1.34. The molecule has 1 unspecified atom stereocenters. The van der Waals surface area contributed by atoms with Gasteiger partial charge >= 0.3 is 5.97 Å². The quantitative estimate of drug-likeness (QED) is 0.751. The van der Waals surface area contributed by atoms with Crippen molar-refractivity contribution in [3.8, 4) is 0 Å².